The van der Waals surface area contributed by atoms with Gasteiger partial charge in [0.2, 0.25) is 0 Å². The number of rotatable bonds is 2. The van der Waals surface area contributed by atoms with Crippen LogP contribution in [0.3, 0.4) is 0 Å². The Morgan fingerprint density at radius 1 is 1.17 bits per heavy atom. The Morgan fingerprint density at radius 3 is 2.88 bits per heavy atom. The molecule has 1 aliphatic rings. The van der Waals surface area contributed by atoms with Crippen LogP contribution in [-0.4, -0.2) is 22.5 Å². The van der Waals surface area contributed by atoms with Gasteiger partial charge in [0.05, 0.1) is 17.1 Å². The number of benzene rings is 2. The summed E-state index contributed by atoms with van der Waals surface area (Å²) in [7, 11) is 0. The summed E-state index contributed by atoms with van der Waals surface area (Å²) in [6.07, 6.45) is 3.66. The van der Waals surface area contributed by atoms with E-state index in [4.69, 9.17) is 4.74 Å². The lowest BCUT2D eigenvalue weighted by atomic mass is 10.1. The van der Waals surface area contributed by atoms with Gasteiger partial charge < -0.3 is 4.74 Å². The molecule has 0 saturated carbocycles. The van der Waals surface area contributed by atoms with E-state index in [-0.39, 0.29) is 5.56 Å². The van der Waals surface area contributed by atoms with Gasteiger partial charge in [0, 0.05) is 11.1 Å². The van der Waals surface area contributed by atoms with E-state index in [0.29, 0.717) is 23.3 Å². The molecule has 0 N–H and O–H groups in total. The zero-order valence-corrected chi connectivity index (χ0v) is 13.1. The second-order valence-electron chi connectivity index (χ2n) is 5.58. The van der Waals surface area contributed by atoms with Gasteiger partial charge in [0.25, 0.3) is 5.56 Å². The maximum absolute atomic E-state index is 12.6. The van der Waals surface area contributed by atoms with Gasteiger partial charge in [-0.25, -0.2) is 4.98 Å². The zero-order chi connectivity index (χ0) is 16.5. The molecule has 5 heteroatoms. The highest BCUT2D eigenvalue weighted by atomic mass is 16.5. The average molecular weight is 317 g/mol. The Hall–Kier alpha value is -3.21. The highest BCUT2D eigenvalue weighted by Crippen LogP contribution is 2.24. The summed E-state index contributed by atoms with van der Waals surface area (Å²) >= 11 is 0. The molecule has 3 aromatic rings. The third-order valence-corrected chi connectivity index (χ3v) is 3.91. The number of para-hydroxylation sites is 2. The molecule has 0 radical (unpaired) electrons. The lowest BCUT2D eigenvalue weighted by Crippen LogP contribution is -2.21. The minimum Gasteiger partial charge on any atom is -0.488 e. The monoisotopic (exact) mass is 317 g/mol. The molecule has 1 aliphatic heterocycles. The van der Waals surface area contributed by atoms with Crippen LogP contribution in [-0.2, 0) is 0 Å². The van der Waals surface area contributed by atoms with Gasteiger partial charge in [-0.2, -0.15) is 9.78 Å². The number of hydrogen-bond donors (Lipinski definition) is 0. The van der Waals surface area contributed by atoms with Gasteiger partial charge in [0.1, 0.15) is 18.2 Å². The van der Waals surface area contributed by atoms with E-state index < -0.39 is 0 Å². The van der Waals surface area contributed by atoms with Gasteiger partial charge in [-0.05, 0) is 31.2 Å². The van der Waals surface area contributed by atoms with Crippen LogP contribution >= 0.6 is 0 Å². The van der Waals surface area contributed by atoms with Gasteiger partial charge in [0.15, 0.2) is 0 Å². The molecule has 0 amide bonds. The quantitative estimate of drug-likeness (QED) is 0.683. The number of fused-ring (bicyclic) bond motifs is 2. The maximum atomic E-state index is 12.6. The van der Waals surface area contributed by atoms with Crippen LogP contribution in [0, 0.1) is 6.92 Å². The van der Waals surface area contributed by atoms with Crippen LogP contribution in [0.4, 0.5) is 0 Å². The first-order valence-corrected chi connectivity index (χ1v) is 7.67. The molecule has 118 valence electrons. The predicted octanol–water partition coefficient (Wildman–Crippen LogP) is 3.01. The van der Waals surface area contributed by atoms with Crippen molar-refractivity contribution in [3.63, 3.8) is 0 Å². The Bertz CT molecular complexity index is 1050. The van der Waals surface area contributed by atoms with Crippen molar-refractivity contribution in [1.82, 2.24) is 9.66 Å². The lowest BCUT2D eigenvalue weighted by Gasteiger charge is -2.15. The van der Waals surface area contributed by atoms with Crippen molar-refractivity contribution in [2.45, 2.75) is 6.92 Å². The summed E-state index contributed by atoms with van der Waals surface area (Å²) in [5, 5.41) is 4.88. The van der Waals surface area contributed by atoms with E-state index in [1.165, 1.54) is 4.68 Å². The molecule has 4 rings (SSSR count). The van der Waals surface area contributed by atoms with Crippen LogP contribution in [0.1, 0.15) is 11.4 Å². The molecule has 1 aromatic heterocycles. The van der Waals surface area contributed by atoms with E-state index in [9.17, 15) is 4.79 Å². The Kier molecular flexibility index (Phi) is 3.46. The number of aryl methyl sites for hydroxylation is 1. The van der Waals surface area contributed by atoms with Crippen LogP contribution < -0.4 is 10.3 Å². The Balaban J connectivity index is 1.74. The number of nitrogens with zero attached hydrogens (tertiary/aromatic N) is 3. The van der Waals surface area contributed by atoms with Crippen LogP contribution in [0.5, 0.6) is 5.75 Å². The van der Waals surface area contributed by atoms with Crippen molar-refractivity contribution in [2.24, 2.45) is 5.10 Å². The fourth-order valence-corrected chi connectivity index (χ4v) is 2.71. The average Bonchev–Trinajstić information content (AvgIpc) is 2.61. The molecule has 0 aliphatic carbocycles. The number of aromatic nitrogens is 2. The zero-order valence-electron chi connectivity index (χ0n) is 13.1. The number of hydrogen-bond acceptors (Lipinski definition) is 4. The summed E-state index contributed by atoms with van der Waals surface area (Å²) in [6.45, 7) is 2.20. The van der Waals surface area contributed by atoms with Gasteiger partial charge >= 0.3 is 0 Å². The fourth-order valence-electron chi connectivity index (χ4n) is 2.71. The SMILES string of the molecule is Cc1nc2ccccc2c(=O)n1N=CC1=Cc2ccccc2OC1. The second kappa shape index (κ2) is 5.77. The fraction of sp³-hybridized carbons (Fsp3) is 0.105. The molecule has 5 nitrogen and oxygen atoms in total. The van der Waals surface area contributed by atoms with Crippen LogP contribution in [0.15, 0.2) is 64.0 Å². The van der Waals surface area contributed by atoms with E-state index in [2.05, 4.69) is 10.1 Å². The Labute approximate surface area is 138 Å². The third-order valence-electron chi connectivity index (χ3n) is 3.91. The molecular formula is C19H15N3O2. The molecule has 0 fully saturated rings. The molecule has 24 heavy (non-hydrogen) atoms. The van der Waals surface area contributed by atoms with E-state index in [1.54, 1.807) is 19.2 Å². The molecule has 2 aromatic carbocycles. The highest BCUT2D eigenvalue weighted by Gasteiger charge is 2.10. The summed E-state index contributed by atoms with van der Waals surface area (Å²) in [6, 6.07) is 15.1. The largest absolute Gasteiger partial charge is 0.488 e. The molecule has 0 atom stereocenters. The smallest absolute Gasteiger partial charge is 0.282 e. The first-order valence-electron chi connectivity index (χ1n) is 7.67. The first-order chi connectivity index (χ1) is 11.7. The summed E-state index contributed by atoms with van der Waals surface area (Å²) in [5.41, 5.74) is 2.41. The normalized spacial score (nSPS) is 13.6. The Morgan fingerprint density at radius 2 is 1.96 bits per heavy atom. The minimum absolute atomic E-state index is 0.174. The molecule has 0 bridgehead atoms. The number of ether oxygens (including phenoxy) is 1. The summed E-state index contributed by atoms with van der Waals surface area (Å²) < 4.78 is 7.02. The van der Waals surface area contributed by atoms with Gasteiger partial charge in [-0.15, -0.1) is 0 Å². The van der Waals surface area contributed by atoms with Gasteiger partial charge in [-0.3, -0.25) is 4.79 Å². The van der Waals surface area contributed by atoms with E-state index >= 15 is 0 Å². The van der Waals surface area contributed by atoms with Crippen LogP contribution in [0.25, 0.3) is 17.0 Å². The first kappa shape index (κ1) is 14.4. The van der Waals surface area contributed by atoms with E-state index in [0.717, 1.165) is 16.9 Å². The third kappa shape index (κ3) is 2.50. The van der Waals surface area contributed by atoms with Crippen molar-refractivity contribution >= 4 is 23.2 Å². The van der Waals surface area contributed by atoms with Crippen LogP contribution in [0.2, 0.25) is 0 Å². The van der Waals surface area contributed by atoms with Gasteiger partial charge in [-0.1, -0.05) is 30.3 Å². The molecule has 2 heterocycles. The highest BCUT2D eigenvalue weighted by molar-refractivity contribution is 5.87. The summed E-state index contributed by atoms with van der Waals surface area (Å²) in [4.78, 5) is 17.0. The van der Waals surface area contributed by atoms with Crippen molar-refractivity contribution in [1.29, 1.82) is 0 Å². The van der Waals surface area contributed by atoms with Crippen molar-refractivity contribution in [2.75, 3.05) is 6.61 Å². The van der Waals surface area contributed by atoms with Crippen molar-refractivity contribution in [3.05, 3.63) is 75.8 Å². The van der Waals surface area contributed by atoms with E-state index in [1.807, 2.05) is 48.5 Å². The minimum atomic E-state index is -0.174. The second-order valence-corrected chi connectivity index (χ2v) is 5.58. The van der Waals surface area contributed by atoms with Crippen molar-refractivity contribution in [3.8, 4) is 5.75 Å². The van der Waals surface area contributed by atoms with Crippen molar-refractivity contribution < 1.29 is 4.74 Å². The molecule has 0 spiro atoms. The summed E-state index contributed by atoms with van der Waals surface area (Å²) in [5.74, 6) is 1.41. The molecule has 0 unspecified atom stereocenters. The standard InChI is InChI=1S/C19H15N3O2/c1-13-21-17-8-4-3-7-16(17)19(23)22(13)20-11-14-10-15-6-2-5-9-18(15)24-12-14/h2-11H,12H2,1H3. The lowest BCUT2D eigenvalue weighted by molar-refractivity contribution is 0.353. The maximum Gasteiger partial charge on any atom is 0.282 e. The topological polar surface area (TPSA) is 56.5 Å². The predicted molar refractivity (Wildman–Crippen MR) is 94.5 cm³/mol. The molecular weight excluding hydrogens is 302 g/mol. The molecule has 0 saturated heterocycles.